The van der Waals surface area contributed by atoms with Gasteiger partial charge in [0.2, 0.25) is 5.91 Å². The van der Waals surface area contributed by atoms with Crippen molar-refractivity contribution in [3.05, 3.63) is 24.5 Å². The van der Waals surface area contributed by atoms with Gasteiger partial charge in [-0.25, -0.2) is 9.67 Å². The third kappa shape index (κ3) is 4.83. The minimum Gasteiger partial charge on any atom is -0.383 e. The fourth-order valence-corrected chi connectivity index (χ4v) is 2.95. The highest BCUT2D eigenvalue weighted by Crippen LogP contribution is 2.09. The van der Waals surface area contributed by atoms with E-state index in [2.05, 4.69) is 30.0 Å². The zero-order valence-electron chi connectivity index (χ0n) is 14.5. The lowest BCUT2D eigenvalue weighted by Crippen LogP contribution is -2.37. The highest BCUT2D eigenvalue weighted by atomic mass is 16.5. The van der Waals surface area contributed by atoms with Gasteiger partial charge in [0.05, 0.1) is 13.2 Å². The van der Waals surface area contributed by atoms with Crippen LogP contribution in [0.3, 0.4) is 0 Å². The summed E-state index contributed by atoms with van der Waals surface area (Å²) in [5, 5.41) is 10.9. The maximum absolute atomic E-state index is 12.4. The monoisotopic (exact) mass is 348 g/mol. The number of tetrazole rings is 1. The molecule has 136 valence electrons. The van der Waals surface area contributed by atoms with Gasteiger partial charge in [0.15, 0.2) is 0 Å². The van der Waals surface area contributed by atoms with Crippen molar-refractivity contribution in [1.29, 1.82) is 0 Å². The van der Waals surface area contributed by atoms with E-state index in [-0.39, 0.29) is 12.5 Å². The molecular formula is C15H24N8O2. The van der Waals surface area contributed by atoms with Crippen LogP contribution in [0.25, 0.3) is 0 Å². The zero-order valence-corrected chi connectivity index (χ0v) is 14.5. The number of nitrogens with zero attached hydrogens (tertiary/aromatic N) is 8. The van der Waals surface area contributed by atoms with Crippen molar-refractivity contribution in [2.24, 2.45) is 0 Å². The average Bonchev–Trinajstić information content (AvgIpc) is 3.21. The summed E-state index contributed by atoms with van der Waals surface area (Å²) in [7, 11) is 1.70. The molecule has 0 aromatic carbocycles. The number of amides is 1. The molecule has 0 unspecified atom stereocenters. The maximum Gasteiger partial charge on any atom is 0.244 e. The Labute approximate surface area is 146 Å². The van der Waals surface area contributed by atoms with Crippen molar-refractivity contribution in [3.63, 3.8) is 0 Å². The first kappa shape index (κ1) is 17.5. The van der Waals surface area contributed by atoms with Gasteiger partial charge in [-0.2, -0.15) is 0 Å². The quantitative estimate of drug-likeness (QED) is 0.650. The number of ether oxygens (including phenoxy) is 1. The Kier molecular flexibility index (Phi) is 6.07. The van der Waals surface area contributed by atoms with Gasteiger partial charge in [-0.3, -0.25) is 9.69 Å². The Morgan fingerprint density at radius 3 is 3.00 bits per heavy atom. The van der Waals surface area contributed by atoms with E-state index in [1.807, 2.05) is 17.3 Å². The number of carbonyl (C=O) groups is 1. The minimum absolute atomic E-state index is 0.0516. The molecule has 0 atom stereocenters. The normalized spacial score (nSPS) is 16.1. The van der Waals surface area contributed by atoms with Crippen LogP contribution in [-0.2, 0) is 29.2 Å². The second-order valence-corrected chi connectivity index (χ2v) is 6.05. The fourth-order valence-electron chi connectivity index (χ4n) is 2.95. The molecule has 1 amide bonds. The molecule has 10 nitrogen and oxygen atoms in total. The summed E-state index contributed by atoms with van der Waals surface area (Å²) >= 11 is 0. The van der Waals surface area contributed by atoms with E-state index >= 15 is 0 Å². The summed E-state index contributed by atoms with van der Waals surface area (Å²) in [6, 6.07) is 0. The van der Waals surface area contributed by atoms with Crippen LogP contribution in [0.2, 0.25) is 0 Å². The molecule has 2 aromatic heterocycles. The molecule has 0 radical (unpaired) electrons. The summed E-state index contributed by atoms with van der Waals surface area (Å²) in [5.41, 5.74) is 0. The van der Waals surface area contributed by atoms with E-state index in [1.165, 1.54) is 11.0 Å². The van der Waals surface area contributed by atoms with Gasteiger partial charge in [0.1, 0.15) is 18.7 Å². The Morgan fingerprint density at radius 2 is 2.20 bits per heavy atom. The van der Waals surface area contributed by atoms with Crippen LogP contribution in [0.15, 0.2) is 18.7 Å². The predicted octanol–water partition coefficient (Wildman–Crippen LogP) is -0.749. The van der Waals surface area contributed by atoms with E-state index in [0.717, 1.165) is 45.0 Å². The van der Waals surface area contributed by atoms with Crippen LogP contribution in [-0.4, -0.2) is 85.4 Å². The van der Waals surface area contributed by atoms with Gasteiger partial charge < -0.3 is 14.2 Å². The molecule has 25 heavy (non-hydrogen) atoms. The van der Waals surface area contributed by atoms with Gasteiger partial charge in [0, 0.05) is 52.2 Å². The summed E-state index contributed by atoms with van der Waals surface area (Å²) in [6.45, 7) is 5.69. The van der Waals surface area contributed by atoms with Gasteiger partial charge in [-0.15, -0.1) is 5.10 Å². The number of imidazole rings is 1. The van der Waals surface area contributed by atoms with E-state index in [0.29, 0.717) is 13.2 Å². The average molecular weight is 348 g/mol. The molecule has 3 heterocycles. The molecule has 1 saturated heterocycles. The first-order valence-electron chi connectivity index (χ1n) is 8.46. The van der Waals surface area contributed by atoms with Crippen LogP contribution in [0.4, 0.5) is 0 Å². The minimum atomic E-state index is 0.0516. The summed E-state index contributed by atoms with van der Waals surface area (Å²) < 4.78 is 8.72. The molecule has 1 aliphatic rings. The Morgan fingerprint density at radius 1 is 1.28 bits per heavy atom. The van der Waals surface area contributed by atoms with Crippen molar-refractivity contribution < 1.29 is 9.53 Å². The number of hydrogen-bond donors (Lipinski definition) is 0. The van der Waals surface area contributed by atoms with Crippen LogP contribution in [0.1, 0.15) is 12.2 Å². The van der Waals surface area contributed by atoms with Gasteiger partial charge in [-0.05, 0) is 16.8 Å². The fraction of sp³-hybridized carbons (Fsp3) is 0.667. The largest absolute Gasteiger partial charge is 0.383 e. The number of rotatable bonds is 7. The highest BCUT2D eigenvalue weighted by molar-refractivity contribution is 5.75. The van der Waals surface area contributed by atoms with Crippen molar-refractivity contribution in [2.45, 2.75) is 26.1 Å². The van der Waals surface area contributed by atoms with E-state index in [9.17, 15) is 4.79 Å². The molecule has 0 aliphatic carbocycles. The topological polar surface area (TPSA) is 94.2 Å². The molecule has 1 aliphatic heterocycles. The lowest BCUT2D eigenvalue weighted by atomic mass is 10.3. The molecule has 0 saturated carbocycles. The summed E-state index contributed by atoms with van der Waals surface area (Å²) in [5.74, 6) is 1.08. The molecule has 0 spiro atoms. The van der Waals surface area contributed by atoms with Crippen molar-refractivity contribution in [2.75, 3.05) is 39.9 Å². The third-order valence-corrected chi connectivity index (χ3v) is 4.33. The Hall–Kier alpha value is -2.33. The first-order valence-corrected chi connectivity index (χ1v) is 8.46. The molecule has 10 heteroatoms. The standard InChI is InChI=1S/C15H24N8O2/c1-25-10-9-21-6-3-16-14(21)11-20-4-2-5-22(8-7-20)15(24)12-23-13-17-18-19-23/h3,6,13H,2,4-5,7-12H2,1H3. The van der Waals surface area contributed by atoms with E-state index < -0.39 is 0 Å². The van der Waals surface area contributed by atoms with Crippen LogP contribution in [0, 0.1) is 0 Å². The summed E-state index contributed by atoms with van der Waals surface area (Å²) in [6.07, 6.45) is 6.21. The van der Waals surface area contributed by atoms with E-state index in [4.69, 9.17) is 4.74 Å². The maximum atomic E-state index is 12.4. The van der Waals surface area contributed by atoms with Crippen LogP contribution in [0.5, 0.6) is 0 Å². The SMILES string of the molecule is COCCn1ccnc1CN1CCCN(C(=O)Cn2cnnn2)CC1. The lowest BCUT2D eigenvalue weighted by molar-refractivity contribution is -0.131. The molecule has 1 fully saturated rings. The molecule has 3 rings (SSSR count). The van der Waals surface area contributed by atoms with Gasteiger partial charge in [-0.1, -0.05) is 0 Å². The molecule has 2 aromatic rings. The van der Waals surface area contributed by atoms with Gasteiger partial charge >= 0.3 is 0 Å². The van der Waals surface area contributed by atoms with Crippen LogP contribution >= 0.6 is 0 Å². The number of aromatic nitrogens is 6. The Balaban J connectivity index is 1.51. The van der Waals surface area contributed by atoms with Gasteiger partial charge in [0.25, 0.3) is 0 Å². The molecule has 0 bridgehead atoms. The van der Waals surface area contributed by atoms with Crippen molar-refractivity contribution >= 4 is 5.91 Å². The summed E-state index contributed by atoms with van der Waals surface area (Å²) in [4.78, 5) is 21.1. The zero-order chi connectivity index (χ0) is 17.5. The van der Waals surface area contributed by atoms with Crippen molar-refractivity contribution in [1.82, 2.24) is 39.6 Å². The molecule has 0 N–H and O–H groups in total. The number of carbonyl (C=O) groups excluding carboxylic acids is 1. The third-order valence-electron chi connectivity index (χ3n) is 4.33. The van der Waals surface area contributed by atoms with E-state index in [1.54, 1.807) is 7.11 Å². The van der Waals surface area contributed by atoms with Crippen molar-refractivity contribution in [3.8, 4) is 0 Å². The smallest absolute Gasteiger partial charge is 0.244 e. The lowest BCUT2D eigenvalue weighted by Gasteiger charge is -2.22. The number of methoxy groups -OCH3 is 1. The predicted molar refractivity (Wildman–Crippen MR) is 88.4 cm³/mol. The second-order valence-electron chi connectivity index (χ2n) is 6.05. The number of hydrogen-bond acceptors (Lipinski definition) is 7. The first-order chi connectivity index (χ1) is 12.3. The Bertz CT molecular complexity index is 656. The molecular weight excluding hydrogens is 324 g/mol. The highest BCUT2D eigenvalue weighted by Gasteiger charge is 2.20. The van der Waals surface area contributed by atoms with Crippen LogP contribution < -0.4 is 0 Å². The second kappa shape index (κ2) is 8.67.